The van der Waals surface area contributed by atoms with Gasteiger partial charge in [-0.25, -0.2) is 14.2 Å². The van der Waals surface area contributed by atoms with Crippen LogP contribution in [0.15, 0.2) is 36.4 Å². The quantitative estimate of drug-likeness (QED) is 0.657. The molecule has 0 radical (unpaired) electrons. The average molecular weight is 294 g/mol. The fourth-order valence-electron chi connectivity index (χ4n) is 2.14. The van der Waals surface area contributed by atoms with E-state index in [1.165, 1.54) is 14.2 Å². The van der Waals surface area contributed by atoms with Crippen LogP contribution in [0.3, 0.4) is 0 Å². The van der Waals surface area contributed by atoms with Crippen molar-refractivity contribution in [3.05, 3.63) is 59.2 Å². The van der Waals surface area contributed by atoms with Gasteiger partial charge >= 0.3 is 0 Å². The van der Waals surface area contributed by atoms with Gasteiger partial charge in [-0.3, -0.25) is 5.84 Å². The third-order valence-electron chi connectivity index (χ3n) is 3.19. The van der Waals surface area contributed by atoms with Crippen molar-refractivity contribution in [2.75, 3.05) is 14.2 Å². The molecule has 1 unspecified atom stereocenters. The Balaban J connectivity index is 2.53. The SMILES string of the molecule is COc1ccc(C(NN)c2cc(F)ccc2F)c(OC)c1. The summed E-state index contributed by atoms with van der Waals surface area (Å²) in [5.74, 6) is 5.47. The molecule has 1 atom stereocenters. The number of benzene rings is 2. The minimum absolute atomic E-state index is 0.0981. The van der Waals surface area contributed by atoms with Crippen molar-refractivity contribution in [3.8, 4) is 11.5 Å². The van der Waals surface area contributed by atoms with Crippen LogP contribution in [0, 0.1) is 11.6 Å². The Kier molecular flexibility index (Phi) is 4.72. The molecule has 21 heavy (non-hydrogen) atoms. The van der Waals surface area contributed by atoms with Crippen LogP contribution in [0.5, 0.6) is 11.5 Å². The second-order valence-electron chi connectivity index (χ2n) is 4.37. The third-order valence-corrected chi connectivity index (χ3v) is 3.19. The summed E-state index contributed by atoms with van der Waals surface area (Å²) in [4.78, 5) is 0. The lowest BCUT2D eigenvalue weighted by molar-refractivity contribution is 0.387. The Morgan fingerprint density at radius 3 is 2.38 bits per heavy atom. The molecule has 0 aromatic heterocycles. The van der Waals surface area contributed by atoms with Gasteiger partial charge in [-0.1, -0.05) is 0 Å². The number of hydrazine groups is 1. The summed E-state index contributed by atoms with van der Waals surface area (Å²) in [6.07, 6.45) is 0. The van der Waals surface area contributed by atoms with E-state index >= 15 is 0 Å². The Labute approximate surface area is 121 Å². The summed E-state index contributed by atoms with van der Waals surface area (Å²) in [6.45, 7) is 0. The molecule has 4 nitrogen and oxygen atoms in total. The number of nitrogens with two attached hydrogens (primary N) is 1. The van der Waals surface area contributed by atoms with E-state index in [1.807, 2.05) is 0 Å². The highest BCUT2D eigenvalue weighted by atomic mass is 19.1. The molecule has 0 aliphatic rings. The zero-order chi connectivity index (χ0) is 15.4. The van der Waals surface area contributed by atoms with Gasteiger partial charge in [0.25, 0.3) is 0 Å². The number of methoxy groups -OCH3 is 2. The zero-order valence-corrected chi connectivity index (χ0v) is 11.7. The molecule has 0 aliphatic heterocycles. The molecule has 6 heteroatoms. The van der Waals surface area contributed by atoms with Crippen molar-refractivity contribution in [1.82, 2.24) is 5.43 Å². The Hall–Kier alpha value is -2.18. The van der Waals surface area contributed by atoms with E-state index in [0.717, 1.165) is 18.2 Å². The summed E-state index contributed by atoms with van der Waals surface area (Å²) in [5.41, 5.74) is 3.16. The van der Waals surface area contributed by atoms with Gasteiger partial charge in [0.05, 0.1) is 20.3 Å². The van der Waals surface area contributed by atoms with E-state index in [1.54, 1.807) is 18.2 Å². The van der Waals surface area contributed by atoms with Crippen molar-refractivity contribution < 1.29 is 18.3 Å². The summed E-state index contributed by atoms with van der Waals surface area (Å²) in [7, 11) is 3.01. The molecule has 3 N–H and O–H groups in total. The molecule has 0 aliphatic carbocycles. The minimum atomic E-state index is -0.749. The molecule has 2 rings (SSSR count). The first-order valence-corrected chi connectivity index (χ1v) is 6.23. The van der Waals surface area contributed by atoms with Crippen LogP contribution in [0.4, 0.5) is 8.78 Å². The number of hydrogen-bond donors (Lipinski definition) is 2. The van der Waals surface area contributed by atoms with E-state index in [2.05, 4.69) is 5.43 Å². The molecule has 112 valence electrons. The Morgan fingerprint density at radius 1 is 1.00 bits per heavy atom. The highest BCUT2D eigenvalue weighted by Crippen LogP contribution is 2.33. The highest BCUT2D eigenvalue weighted by Gasteiger charge is 2.21. The maximum Gasteiger partial charge on any atom is 0.128 e. The van der Waals surface area contributed by atoms with Gasteiger partial charge in [-0.05, 0) is 30.3 Å². The lowest BCUT2D eigenvalue weighted by atomic mass is 9.97. The molecule has 0 saturated carbocycles. The first kappa shape index (κ1) is 15.2. The minimum Gasteiger partial charge on any atom is -0.497 e. The van der Waals surface area contributed by atoms with Gasteiger partial charge in [0.15, 0.2) is 0 Å². The Bertz CT molecular complexity index is 635. The van der Waals surface area contributed by atoms with Crippen LogP contribution in [-0.4, -0.2) is 14.2 Å². The lowest BCUT2D eigenvalue weighted by Gasteiger charge is -2.20. The molecule has 0 spiro atoms. The van der Waals surface area contributed by atoms with Crippen molar-refractivity contribution in [2.24, 2.45) is 5.84 Å². The molecule has 0 saturated heterocycles. The first-order chi connectivity index (χ1) is 10.1. The van der Waals surface area contributed by atoms with Crippen LogP contribution in [0.25, 0.3) is 0 Å². The molecular formula is C15H16F2N2O2. The van der Waals surface area contributed by atoms with Crippen LogP contribution in [0.1, 0.15) is 17.2 Å². The van der Waals surface area contributed by atoms with Crippen molar-refractivity contribution in [2.45, 2.75) is 6.04 Å². The molecule has 0 amide bonds. The van der Waals surface area contributed by atoms with Gasteiger partial charge < -0.3 is 9.47 Å². The number of rotatable bonds is 5. The second kappa shape index (κ2) is 6.51. The summed E-state index contributed by atoms with van der Waals surface area (Å²) >= 11 is 0. The summed E-state index contributed by atoms with van der Waals surface area (Å²) < 4.78 is 37.7. The van der Waals surface area contributed by atoms with Crippen molar-refractivity contribution in [1.29, 1.82) is 0 Å². The van der Waals surface area contributed by atoms with Crippen molar-refractivity contribution >= 4 is 0 Å². The van der Waals surface area contributed by atoms with Crippen LogP contribution in [-0.2, 0) is 0 Å². The standard InChI is InChI=1S/C15H16F2N2O2/c1-20-10-4-5-11(14(8-10)21-2)15(19-18)12-7-9(16)3-6-13(12)17/h3-8,15,19H,18H2,1-2H3. The first-order valence-electron chi connectivity index (χ1n) is 6.23. The van der Waals surface area contributed by atoms with Crippen molar-refractivity contribution in [3.63, 3.8) is 0 Å². The molecule has 0 bridgehead atoms. The molecule has 2 aromatic rings. The fraction of sp³-hybridized carbons (Fsp3) is 0.200. The largest absolute Gasteiger partial charge is 0.497 e. The van der Waals surface area contributed by atoms with E-state index < -0.39 is 17.7 Å². The molecule has 0 fully saturated rings. The number of ether oxygens (including phenoxy) is 2. The third kappa shape index (κ3) is 3.12. The molecule has 0 heterocycles. The summed E-state index contributed by atoms with van der Waals surface area (Å²) in [5, 5.41) is 0. The second-order valence-corrected chi connectivity index (χ2v) is 4.37. The van der Waals surface area contributed by atoms with E-state index in [4.69, 9.17) is 15.3 Å². The van der Waals surface area contributed by atoms with Crippen LogP contribution >= 0.6 is 0 Å². The van der Waals surface area contributed by atoms with Gasteiger partial charge in [-0.15, -0.1) is 0 Å². The topological polar surface area (TPSA) is 56.5 Å². The number of hydrogen-bond acceptors (Lipinski definition) is 4. The maximum atomic E-state index is 13.9. The Morgan fingerprint density at radius 2 is 1.76 bits per heavy atom. The van der Waals surface area contributed by atoms with E-state index in [9.17, 15) is 8.78 Å². The van der Waals surface area contributed by atoms with Crippen LogP contribution in [0.2, 0.25) is 0 Å². The highest BCUT2D eigenvalue weighted by molar-refractivity contribution is 5.46. The van der Waals surface area contributed by atoms with E-state index in [-0.39, 0.29) is 5.56 Å². The normalized spacial score (nSPS) is 12.0. The van der Waals surface area contributed by atoms with Crippen LogP contribution < -0.4 is 20.7 Å². The zero-order valence-electron chi connectivity index (χ0n) is 11.7. The predicted octanol–water partition coefficient (Wildman–Crippen LogP) is 2.53. The molecule has 2 aromatic carbocycles. The maximum absolute atomic E-state index is 13.9. The lowest BCUT2D eigenvalue weighted by Crippen LogP contribution is -2.30. The fourth-order valence-corrected chi connectivity index (χ4v) is 2.14. The van der Waals surface area contributed by atoms with Gasteiger partial charge in [0.2, 0.25) is 0 Å². The predicted molar refractivity (Wildman–Crippen MR) is 75.1 cm³/mol. The summed E-state index contributed by atoms with van der Waals surface area (Å²) in [6, 6.07) is 7.50. The monoisotopic (exact) mass is 294 g/mol. The van der Waals surface area contributed by atoms with Gasteiger partial charge in [-0.2, -0.15) is 0 Å². The average Bonchev–Trinajstić information content (AvgIpc) is 2.51. The number of halogens is 2. The number of nitrogens with one attached hydrogen (secondary N) is 1. The smallest absolute Gasteiger partial charge is 0.128 e. The van der Waals surface area contributed by atoms with E-state index in [0.29, 0.717) is 17.1 Å². The van der Waals surface area contributed by atoms with Gasteiger partial charge in [0.1, 0.15) is 23.1 Å². The van der Waals surface area contributed by atoms with Gasteiger partial charge in [0, 0.05) is 17.2 Å². The molecular weight excluding hydrogens is 278 g/mol.